The molecular weight excluding hydrogens is 379 g/mol. The molecule has 0 aliphatic carbocycles. The zero-order valence-electron chi connectivity index (χ0n) is 14.5. The third-order valence-electron chi connectivity index (χ3n) is 3.92. The fourth-order valence-corrected chi connectivity index (χ4v) is 3.82. The number of nitrogens with zero attached hydrogens (tertiary/aromatic N) is 2. The van der Waals surface area contributed by atoms with E-state index in [9.17, 15) is 22.7 Å². The van der Waals surface area contributed by atoms with Crippen LogP contribution in [0.5, 0.6) is 11.5 Å². The molecule has 2 heterocycles. The lowest BCUT2D eigenvalue weighted by Gasteiger charge is -2.18. The van der Waals surface area contributed by atoms with Crippen molar-refractivity contribution in [3.63, 3.8) is 0 Å². The van der Waals surface area contributed by atoms with E-state index in [1.807, 2.05) is 6.92 Å². The molecule has 2 aromatic rings. The molecule has 27 heavy (non-hydrogen) atoms. The number of phenolic OH excluding ortho intramolecular Hbond substituents is 1. The molecule has 0 unspecified atom stereocenters. The van der Waals surface area contributed by atoms with Crippen molar-refractivity contribution in [2.45, 2.75) is 13.5 Å². The summed E-state index contributed by atoms with van der Waals surface area (Å²) in [6.07, 6.45) is 1.62. The highest BCUT2D eigenvalue weighted by atomic mass is 32.2. The SMILES string of the molecule is COc1cc(NCc2cc(O)c(N3CC(=O)NS3(=O)=O)c(F)c2)ncc1C. The maximum absolute atomic E-state index is 14.5. The topological polar surface area (TPSA) is 121 Å². The van der Waals surface area contributed by atoms with Crippen molar-refractivity contribution in [1.82, 2.24) is 9.71 Å². The van der Waals surface area contributed by atoms with Crippen LogP contribution < -0.4 is 19.1 Å². The summed E-state index contributed by atoms with van der Waals surface area (Å²) >= 11 is 0. The second-order valence-corrected chi connectivity index (χ2v) is 7.47. The van der Waals surface area contributed by atoms with Crippen LogP contribution in [0.4, 0.5) is 15.9 Å². The van der Waals surface area contributed by atoms with Crippen molar-refractivity contribution in [2.75, 3.05) is 23.3 Å². The van der Waals surface area contributed by atoms with Gasteiger partial charge in [0.1, 0.15) is 29.5 Å². The number of anilines is 2. The molecule has 1 aromatic carbocycles. The van der Waals surface area contributed by atoms with Gasteiger partial charge in [-0.15, -0.1) is 0 Å². The Morgan fingerprint density at radius 1 is 1.41 bits per heavy atom. The lowest BCUT2D eigenvalue weighted by Crippen LogP contribution is -2.30. The Hall–Kier alpha value is -3.08. The third-order valence-corrected chi connectivity index (χ3v) is 5.30. The van der Waals surface area contributed by atoms with Gasteiger partial charge in [0.05, 0.1) is 7.11 Å². The zero-order valence-corrected chi connectivity index (χ0v) is 15.3. The first-order chi connectivity index (χ1) is 12.7. The summed E-state index contributed by atoms with van der Waals surface area (Å²) < 4.78 is 45.6. The molecule has 0 spiro atoms. The Morgan fingerprint density at radius 3 is 2.74 bits per heavy atom. The fraction of sp³-hybridized carbons (Fsp3) is 0.250. The molecular formula is C16H17FN4O5S. The number of rotatable bonds is 5. The van der Waals surface area contributed by atoms with E-state index in [0.717, 1.165) is 11.6 Å². The first-order valence-corrected chi connectivity index (χ1v) is 9.24. The van der Waals surface area contributed by atoms with Crippen LogP contribution in [-0.4, -0.2) is 38.1 Å². The number of aromatic nitrogens is 1. The van der Waals surface area contributed by atoms with Crippen molar-refractivity contribution in [3.8, 4) is 11.5 Å². The second-order valence-electron chi connectivity index (χ2n) is 5.88. The number of halogens is 1. The molecule has 1 saturated heterocycles. The predicted octanol–water partition coefficient (Wildman–Crippen LogP) is 1.04. The Labute approximate surface area is 155 Å². The minimum Gasteiger partial charge on any atom is -0.506 e. The van der Waals surface area contributed by atoms with Crippen LogP contribution in [0.3, 0.4) is 0 Å². The summed E-state index contributed by atoms with van der Waals surface area (Å²) in [7, 11) is -2.69. The van der Waals surface area contributed by atoms with E-state index in [1.165, 1.54) is 13.2 Å². The van der Waals surface area contributed by atoms with E-state index in [1.54, 1.807) is 17.0 Å². The predicted molar refractivity (Wildman–Crippen MR) is 95.3 cm³/mol. The molecule has 9 nitrogen and oxygen atoms in total. The maximum Gasteiger partial charge on any atom is 0.326 e. The minimum atomic E-state index is -4.22. The van der Waals surface area contributed by atoms with Gasteiger partial charge in [0.25, 0.3) is 5.91 Å². The largest absolute Gasteiger partial charge is 0.506 e. The van der Waals surface area contributed by atoms with Crippen LogP contribution in [0.25, 0.3) is 0 Å². The number of aromatic hydroxyl groups is 1. The van der Waals surface area contributed by atoms with Crippen LogP contribution in [0.1, 0.15) is 11.1 Å². The number of hydrogen-bond acceptors (Lipinski definition) is 7. The highest BCUT2D eigenvalue weighted by molar-refractivity contribution is 7.92. The van der Waals surface area contributed by atoms with Gasteiger partial charge in [-0.3, -0.25) is 4.79 Å². The molecule has 3 N–H and O–H groups in total. The van der Waals surface area contributed by atoms with Crippen LogP contribution in [0, 0.1) is 12.7 Å². The van der Waals surface area contributed by atoms with Crippen molar-refractivity contribution in [3.05, 3.63) is 41.3 Å². The molecule has 11 heteroatoms. The van der Waals surface area contributed by atoms with E-state index in [0.29, 0.717) is 21.4 Å². The summed E-state index contributed by atoms with van der Waals surface area (Å²) in [5, 5.41) is 13.1. The smallest absolute Gasteiger partial charge is 0.326 e. The van der Waals surface area contributed by atoms with Crippen LogP contribution in [0.15, 0.2) is 24.4 Å². The van der Waals surface area contributed by atoms with Gasteiger partial charge >= 0.3 is 10.2 Å². The van der Waals surface area contributed by atoms with Gasteiger partial charge in [-0.05, 0) is 24.6 Å². The van der Waals surface area contributed by atoms with E-state index in [4.69, 9.17) is 4.74 Å². The zero-order chi connectivity index (χ0) is 19.8. The summed E-state index contributed by atoms with van der Waals surface area (Å²) in [5.74, 6) is -1.26. The average molecular weight is 396 g/mol. The van der Waals surface area contributed by atoms with E-state index < -0.39 is 39.9 Å². The first kappa shape index (κ1) is 18.7. The van der Waals surface area contributed by atoms with Gasteiger partial charge in [0.15, 0.2) is 5.82 Å². The summed E-state index contributed by atoms with van der Waals surface area (Å²) in [6, 6.07) is 3.97. The molecule has 1 amide bonds. The second kappa shape index (κ2) is 6.91. The van der Waals surface area contributed by atoms with Gasteiger partial charge in [-0.25, -0.2) is 18.4 Å². The number of hydrogen-bond donors (Lipinski definition) is 3. The van der Waals surface area contributed by atoms with Gasteiger partial charge in [0.2, 0.25) is 0 Å². The molecule has 0 atom stereocenters. The van der Waals surface area contributed by atoms with Gasteiger partial charge < -0.3 is 15.2 Å². The molecule has 0 saturated carbocycles. The number of amides is 1. The Morgan fingerprint density at radius 2 is 2.15 bits per heavy atom. The molecule has 0 radical (unpaired) electrons. The fourth-order valence-electron chi connectivity index (χ4n) is 2.65. The summed E-state index contributed by atoms with van der Waals surface area (Å²) in [4.78, 5) is 15.5. The monoisotopic (exact) mass is 396 g/mol. The lowest BCUT2D eigenvalue weighted by molar-refractivity contribution is -0.117. The first-order valence-electron chi connectivity index (χ1n) is 7.80. The summed E-state index contributed by atoms with van der Waals surface area (Å²) in [6.45, 7) is 1.36. The molecule has 1 aromatic heterocycles. The lowest BCUT2D eigenvalue weighted by atomic mass is 10.1. The number of carbonyl (C=O) groups is 1. The van der Waals surface area contributed by atoms with Crippen LogP contribution >= 0.6 is 0 Å². The standard InChI is InChI=1S/C16H17FN4O5S/c1-9-6-18-14(5-13(9)26-2)19-7-10-3-11(17)16(12(22)4-10)21-8-15(23)20-27(21,24)25/h3-6,22H,7-8H2,1-2H3,(H,18,19)(H,20,23). The molecule has 1 aliphatic rings. The third kappa shape index (κ3) is 3.72. The number of aryl methyl sites for hydroxylation is 1. The van der Waals surface area contributed by atoms with Gasteiger partial charge in [-0.2, -0.15) is 8.42 Å². The van der Waals surface area contributed by atoms with E-state index in [-0.39, 0.29) is 6.54 Å². The number of nitrogens with one attached hydrogen (secondary N) is 2. The number of carbonyl (C=O) groups excluding carboxylic acids is 1. The average Bonchev–Trinajstić information content (AvgIpc) is 2.85. The van der Waals surface area contributed by atoms with E-state index >= 15 is 0 Å². The Kier molecular flexibility index (Phi) is 4.79. The van der Waals surface area contributed by atoms with Gasteiger partial charge in [0, 0.05) is 24.4 Å². The van der Waals surface area contributed by atoms with E-state index in [2.05, 4.69) is 10.3 Å². The number of pyridine rings is 1. The van der Waals surface area contributed by atoms with Crippen molar-refractivity contribution < 1.29 is 27.4 Å². The van der Waals surface area contributed by atoms with Gasteiger partial charge in [-0.1, -0.05) is 0 Å². The van der Waals surface area contributed by atoms with Crippen molar-refractivity contribution in [1.29, 1.82) is 0 Å². The quantitative estimate of drug-likeness (QED) is 0.690. The maximum atomic E-state index is 14.5. The molecule has 3 rings (SSSR count). The Balaban J connectivity index is 1.82. The molecule has 144 valence electrons. The van der Waals surface area contributed by atoms with Crippen molar-refractivity contribution in [2.24, 2.45) is 0 Å². The van der Waals surface area contributed by atoms with Crippen LogP contribution in [0.2, 0.25) is 0 Å². The number of benzene rings is 1. The van der Waals surface area contributed by atoms with Crippen LogP contribution in [-0.2, 0) is 21.5 Å². The molecule has 0 bridgehead atoms. The number of phenols is 1. The molecule has 1 fully saturated rings. The highest BCUT2D eigenvalue weighted by Gasteiger charge is 2.37. The van der Waals surface area contributed by atoms with Crippen molar-refractivity contribution >= 4 is 27.6 Å². The highest BCUT2D eigenvalue weighted by Crippen LogP contribution is 2.34. The number of methoxy groups -OCH3 is 1. The summed E-state index contributed by atoms with van der Waals surface area (Å²) in [5.41, 5.74) is 0.629. The minimum absolute atomic E-state index is 0.119. The Bertz CT molecular complexity index is 989. The normalized spacial score (nSPS) is 15.5. The number of ether oxygens (including phenoxy) is 1. The molecule has 1 aliphatic heterocycles.